The molecule has 1 heterocycles. The number of carbonyl (C=O) groups is 2. The Morgan fingerprint density at radius 1 is 0.852 bits per heavy atom. The van der Waals surface area contributed by atoms with E-state index in [0.717, 1.165) is 12.8 Å². The van der Waals surface area contributed by atoms with Gasteiger partial charge in [-0.25, -0.2) is 4.79 Å². The molecular weight excluding hydrogens is 362 g/mol. The van der Waals surface area contributed by atoms with E-state index in [0.29, 0.717) is 36.8 Å². The van der Waals surface area contributed by atoms with Crippen LogP contribution in [0.1, 0.15) is 21.5 Å². The van der Waals surface area contributed by atoms with E-state index in [9.17, 15) is 9.59 Å². The maximum atomic E-state index is 12.6. The highest BCUT2D eigenvalue weighted by molar-refractivity contribution is 6.30. The van der Waals surface area contributed by atoms with Crippen molar-refractivity contribution in [3.8, 4) is 0 Å². The summed E-state index contributed by atoms with van der Waals surface area (Å²) in [5, 5.41) is 3.76. The fraction of sp³-hybridized carbons (Fsp3) is 0.333. The predicted octanol–water partition coefficient (Wildman–Crippen LogP) is 2.97. The fourth-order valence-corrected chi connectivity index (χ4v) is 3.94. The SMILES string of the molecule is O=C(NC1Cc2ccccc2C1)N1CCN(C(=O)c2ccc(Cl)cc2)CC1. The Balaban J connectivity index is 1.28. The second-order valence-electron chi connectivity index (χ2n) is 7.11. The molecule has 140 valence electrons. The Kier molecular flexibility index (Phi) is 5.03. The van der Waals surface area contributed by atoms with Crippen molar-refractivity contribution in [3.63, 3.8) is 0 Å². The number of urea groups is 1. The first kappa shape index (κ1) is 17.9. The molecule has 1 saturated heterocycles. The fourth-order valence-electron chi connectivity index (χ4n) is 3.81. The van der Waals surface area contributed by atoms with Crippen LogP contribution in [0, 0.1) is 0 Å². The first-order chi connectivity index (χ1) is 13.1. The average molecular weight is 384 g/mol. The molecule has 1 N–H and O–H groups in total. The topological polar surface area (TPSA) is 52.7 Å². The third-order valence-electron chi connectivity index (χ3n) is 5.32. The van der Waals surface area contributed by atoms with Crippen LogP contribution in [0.4, 0.5) is 4.79 Å². The summed E-state index contributed by atoms with van der Waals surface area (Å²) in [4.78, 5) is 28.7. The van der Waals surface area contributed by atoms with Gasteiger partial charge >= 0.3 is 6.03 Å². The lowest BCUT2D eigenvalue weighted by molar-refractivity contribution is 0.0663. The highest BCUT2D eigenvalue weighted by Gasteiger charge is 2.28. The van der Waals surface area contributed by atoms with Gasteiger partial charge < -0.3 is 15.1 Å². The lowest BCUT2D eigenvalue weighted by Gasteiger charge is -2.35. The highest BCUT2D eigenvalue weighted by atomic mass is 35.5. The molecule has 0 aromatic heterocycles. The minimum absolute atomic E-state index is 0.0158. The van der Waals surface area contributed by atoms with Gasteiger partial charge in [-0.15, -0.1) is 0 Å². The number of fused-ring (bicyclic) bond motifs is 1. The summed E-state index contributed by atoms with van der Waals surface area (Å²) >= 11 is 5.88. The third-order valence-corrected chi connectivity index (χ3v) is 5.58. The van der Waals surface area contributed by atoms with Gasteiger partial charge in [0.15, 0.2) is 0 Å². The van der Waals surface area contributed by atoms with Crippen LogP contribution in [0.15, 0.2) is 48.5 Å². The number of benzene rings is 2. The van der Waals surface area contributed by atoms with Crippen molar-refractivity contribution in [2.24, 2.45) is 0 Å². The van der Waals surface area contributed by atoms with Crippen molar-refractivity contribution < 1.29 is 9.59 Å². The zero-order chi connectivity index (χ0) is 18.8. The Morgan fingerprint density at radius 3 is 2.00 bits per heavy atom. The largest absolute Gasteiger partial charge is 0.335 e. The van der Waals surface area contributed by atoms with E-state index in [1.165, 1.54) is 11.1 Å². The van der Waals surface area contributed by atoms with Gasteiger partial charge in [-0.05, 0) is 48.2 Å². The van der Waals surface area contributed by atoms with E-state index in [-0.39, 0.29) is 18.0 Å². The van der Waals surface area contributed by atoms with Crippen molar-refractivity contribution in [2.45, 2.75) is 18.9 Å². The number of rotatable bonds is 2. The summed E-state index contributed by atoms with van der Waals surface area (Å²) in [6.07, 6.45) is 1.77. The third kappa shape index (κ3) is 3.93. The van der Waals surface area contributed by atoms with Crippen LogP contribution < -0.4 is 5.32 Å². The molecule has 0 saturated carbocycles. The van der Waals surface area contributed by atoms with Crippen molar-refractivity contribution in [1.29, 1.82) is 0 Å². The Labute approximate surface area is 163 Å². The zero-order valence-electron chi connectivity index (χ0n) is 15.0. The first-order valence-electron chi connectivity index (χ1n) is 9.27. The van der Waals surface area contributed by atoms with Gasteiger partial charge in [0.25, 0.3) is 5.91 Å². The number of hydrogen-bond donors (Lipinski definition) is 1. The van der Waals surface area contributed by atoms with Crippen molar-refractivity contribution in [1.82, 2.24) is 15.1 Å². The molecule has 1 fully saturated rings. The number of carbonyl (C=O) groups excluding carboxylic acids is 2. The van der Waals surface area contributed by atoms with E-state index in [1.54, 1.807) is 34.1 Å². The number of amides is 3. The molecule has 6 heteroatoms. The van der Waals surface area contributed by atoms with Crippen LogP contribution in [0.5, 0.6) is 0 Å². The maximum absolute atomic E-state index is 12.6. The summed E-state index contributed by atoms with van der Waals surface area (Å²) in [6, 6.07) is 15.4. The Hall–Kier alpha value is -2.53. The molecule has 1 aliphatic heterocycles. The van der Waals surface area contributed by atoms with Crippen molar-refractivity contribution >= 4 is 23.5 Å². The number of piperazine rings is 1. The molecule has 27 heavy (non-hydrogen) atoms. The molecule has 0 radical (unpaired) electrons. The van der Waals surface area contributed by atoms with E-state index < -0.39 is 0 Å². The molecule has 2 aromatic rings. The van der Waals surface area contributed by atoms with Crippen LogP contribution in [0.3, 0.4) is 0 Å². The van der Waals surface area contributed by atoms with Crippen LogP contribution in [-0.2, 0) is 12.8 Å². The molecule has 1 aliphatic carbocycles. The summed E-state index contributed by atoms with van der Waals surface area (Å²) in [5.41, 5.74) is 3.27. The van der Waals surface area contributed by atoms with Crippen molar-refractivity contribution in [2.75, 3.05) is 26.2 Å². The molecule has 0 spiro atoms. The van der Waals surface area contributed by atoms with E-state index in [2.05, 4.69) is 17.4 Å². The quantitative estimate of drug-likeness (QED) is 0.866. The summed E-state index contributed by atoms with van der Waals surface area (Å²) < 4.78 is 0. The second-order valence-corrected chi connectivity index (χ2v) is 7.55. The number of nitrogens with one attached hydrogen (secondary N) is 1. The second kappa shape index (κ2) is 7.61. The summed E-state index contributed by atoms with van der Waals surface area (Å²) in [7, 11) is 0. The number of halogens is 1. The normalized spacial score (nSPS) is 16.9. The molecule has 5 nitrogen and oxygen atoms in total. The minimum atomic E-state index is -0.0357. The maximum Gasteiger partial charge on any atom is 0.317 e. The lowest BCUT2D eigenvalue weighted by atomic mass is 10.1. The Bertz CT molecular complexity index is 820. The molecule has 4 rings (SSSR count). The smallest absolute Gasteiger partial charge is 0.317 e. The van der Waals surface area contributed by atoms with Gasteiger partial charge in [0, 0.05) is 42.8 Å². The number of hydrogen-bond acceptors (Lipinski definition) is 2. The summed E-state index contributed by atoms with van der Waals surface area (Å²) in [5.74, 6) is -0.0158. The van der Waals surface area contributed by atoms with Gasteiger partial charge in [0.2, 0.25) is 0 Å². The first-order valence-corrected chi connectivity index (χ1v) is 9.65. The number of nitrogens with zero attached hydrogens (tertiary/aromatic N) is 2. The van der Waals surface area contributed by atoms with Crippen LogP contribution in [0.2, 0.25) is 5.02 Å². The Morgan fingerprint density at radius 2 is 1.41 bits per heavy atom. The average Bonchev–Trinajstić information content (AvgIpc) is 3.10. The highest BCUT2D eigenvalue weighted by Crippen LogP contribution is 2.22. The summed E-state index contributed by atoms with van der Waals surface area (Å²) in [6.45, 7) is 2.18. The minimum Gasteiger partial charge on any atom is -0.335 e. The standard InChI is InChI=1S/C21H22ClN3O2/c22-18-7-5-15(6-8-18)20(26)24-9-11-25(12-10-24)21(27)23-19-13-16-3-1-2-4-17(16)14-19/h1-8,19H,9-14H2,(H,23,27). The van der Waals surface area contributed by atoms with E-state index >= 15 is 0 Å². The van der Waals surface area contributed by atoms with E-state index in [1.807, 2.05) is 12.1 Å². The monoisotopic (exact) mass is 383 g/mol. The molecule has 0 atom stereocenters. The predicted molar refractivity (Wildman–Crippen MR) is 105 cm³/mol. The molecule has 3 amide bonds. The van der Waals surface area contributed by atoms with Crippen LogP contribution in [-0.4, -0.2) is 54.0 Å². The van der Waals surface area contributed by atoms with Gasteiger partial charge in [-0.1, -0.05) is 35.9 Å². The molecule has 2 aromatic carbocycles. The van der Waals surface area contributed by atoms with Gasteiger partial charge in [0.05, 0.1) is 0 Å². The van der Waals surface area contributed by atoms with Crippen LogP contribution >= 0.6 is 11.6 Å². The van der Waals surface area contributed by atoms with Gasteiger partial charge in [-0.3, -0.25) is 4.79 Å². The van der Waals surface area contributed by atoms with Crippen molar-refractivity contribution in [3.05, 3.63) is 70.2 Å². The molecule has 0 bridgehead atoms. The van der Waals surface area contributed by atoms with Gasteiger partial charge in [-0.2, -0.15) is 0 Å². The van der Waals surface area contributed by atoms with Gasteiger partial charge in [0.1, 0.15) is 0 Å². The molecular formula is C21H22ClN3O2. The van der Waals surface area contributed by atoms with E-state index in [4.69, 9.17) is 11.6 Å². The zero-order valence-corrected chi connectivity index (χ0v) is 15.8. The lowest BCUT2D eigenvalue weighted by Crippen LogP contribution is -2.54. The molecule has 2 aliphatic rings. The molecule has 0 unspecified atom stereocenters. The van der Waals surface area contributed by atoms with Crippen LogP contribution in [0.25, 0.3) is 0 Å².